The van der Waals surface area contributed by atoms with Gasteiger partial charge in [-0.2, -0.15) is 5.10 Å². The maximum Gasteiger partial charge on any atom is 0.116 e. The Morgan fingerprint density at radius 2 is 1.52 bits per heavy atom. The standard InChI is InChI=1S/C21H14N2O2/c24-16-7-4-13(5-8-16)20-19-10-6-14-12-17(25)9-11-18(14)21(19)23(22-20)15-2-1-3-15/h1-12,24-25H. The highest BCUT2D eigenvalue weighted by Gasteiger charge is 2.17. The molecule has 4 aromatic rings. The Morgan fingerprint density at radius 3 is 2.24 bits per heavy atom. The molecule has 0 saturated carbocycles. The van der Waals surface area contributed by atoms with E-state index in [9.17, 15) is 10.2 Å². The molecule has 25 heavy (non-hydrogen) atoms. The van der Waals surface area contributed by atoms with Crippen LogP contribution in [0.4, 0.5) is 0 Å². The molecule has 1 heterocycles. The molecular formula is C21H14N2O2. The fraction of sp³-hybridized carbons (Fsp3) is 0. The lowest BCUT2D eigenvalue weighted by Crippen LogP contribution is -2.00. The van der Waals surface area contributed by atoms with Gasteiger partial charge in [-0.1, -0.05) is 12.1 Å². The van der Waals surface area contributed by atoms with Gasteiger partial charge in [0.25, 0.3) is 0 Å². The summed E-state index contributed by atoms with van der Waals surface area (Å²) in [5.41, 5.74) is 3.85. The summed E-state index contributed by atoms with van der Waals surface area (Å²) in [5.74, 6) is 0.484. The molecule has 0 radical (unpaired) electrons. The number of hydrogen-bond donors (Lipinski definition) is 2. The highest BCUT2D eigenvalue weighted by Crippen LogP contribution is 2.36. The summed E-state index contributed by atoms with van der Waals surface area (Å²) in [4.78, 5) is 0. The highest BCUT2D eigenvalue weighted by molar-refractivity contribution is 6.11. The van der Waals surface area contributed by atoms with Gasteiger partial charge >= 0.3 is 0 Å². The molecule has 5 rings (SSSR count). The van der Waals surface area contributed by atoms with Gasteiger partial charge in [0.2, 0.25) is 0 Å². The number of phenols is 2. The van der Waals surface area contributed by atoms with Crippen LogP contribution in [0, 0.1) is 0 Å². The average molecular weight is 326 g/mol. The Kier molecular flexibility index (Phi) is 2.76. The van der Waals surface area contributed by atoms with Crippen LogP contribution in [-0.4, -0.2) is 20.0 Å². The number of aromatic nitrogens is 2. The maximum atomic E-state index is 9.78. The molecule has 0 spiro atoms. The first kappa shape index (κ1) is 13.9. The minimum Gasteiger partial charge on any atom is -0.508 e. The summed E-state index contributed by atoms with van der Waals surface area (Å²) < 4.78 is 1.94. The van der Waals surface area contributed by atoms with E-state index in [1.807, 2.05) is 53.2 Å². The van der Waals surface area contributed by atoms with Crippen molar-refractivity contribution in [3.8, 4) is 22.8 Å². The molecule has 0 saturated heterocycles. The second-order valence-electron chi connectivity index (χ2n) is 6.13. The third-order valence-electron chi connectivity index (χ3n) is 4.56. The van der Waals surface area contributed by atoms with Gasteiger partial charge in [-0.25, -0.2) is 4.68 Å². The van der Waals surface area contributed by atoms with E-state index in [1.165, 1.54) is 0 Å². The number of aromatic hydroxyl groups is 2. The highest BCUT2D eigenvalue weighted by atomic mass is 16.3. The van der Waals surface area contributed by atoms with Gasteiger partial charge < -0.3 is 10.2 Å². The van der Waals surface area contributed by atoms with Crippen molar-refractivity contribution in [1.29, 1.82) is 0 Å². The van der Waals surface area contributed by atoms with Crippen molar-refractivity contribution in [2.24, 2.45) is 0 Å². The van der Waals surface area contributed by atoms with Crippen LogP contribution in [-0.2, 0) is 0 Å². The monoisotopic (exact) mass is 326 g/mol. The molecule has 1 aromatic heterocycles. The van der Waals surface area contributed by atoms with E-state index in [-0.39, 0.29) is 11.5 Å². The molecule has 0 atom stereocenters. The van der Waals surface area contributed by atoms with Crippen LogP contribution in [0.5, 0.6) is 11.5 Å². The molecule has 3 aromatic carbocycles. The lowest BCUT2D eigenvalue weighted by atomic mass is 10.0. The molecule has 0 bridgehead atoms. The van der Waals surface area contributed by atoms with Gasteiger partial charge in [-0.05, 0) is 66.1 Å². The largest absolute Gasteiger partial charge is 0.508 e. The lowest BCUT2D eigenvalue weighted by Gasteiger charge is -2.10. The minimum atomic E-state index is 0.234. The summed E-state index contributed by atoms with van der Waals surface area (Å²) in [6.07, 6.45) is 6.03. The van der Waals surface area contributed by atoms with Crippen molar-refractivity contribution in [3.63, 3.8) is 0 Å². The average Bonchev–Trinajstić information content (AvgIpc) is 2.93. The lowest BCUT2D eigenvalue weighted by molar-refractivity contribution is 0.475. The van der Waals surface area contributed by atoms with E-state index in [0.717, 1.165) is 38.6 Å². The molecule has 120 valence electrons. The number of rotatable bonds is 2. The van der Waals surface area contributed by atoms with Crippen LogP contribution < -0.4 is 0 Å². The Labute approximate surface area is 143 Å². The Bertz CT molecular complexity index is 1200. The number of hydrogen-bond acceptors (Lipinski definition) is 3. The van der Waals surface area contributed by atoms with Crippen molar-refractivity contribution in [1.82, 2.24) is 9.78 Å². The van der Waals surface area contributed by atoms with Crippen molar-refractivity contribution in [2.75, 3.05) is 0 Å². The summed E-state index contributed by atoms with van der Waals surface area (Å²) in [7, 11) is 0. The van der Waals surface area contributed by atoms with Crippen LogP contribution in [0.3, 0.4) is 0 Å². The molecule has 0 unspecified atom stereocenters. The van der Waals surface area contributed by atoms with Gasteiger partial charge in [0.1, 0.15) is 17.2 Å². The van der Waals surface area contributed by atoms with Gasteiger partial charge in [0.05, 0.1) is 11.2 Å². The SMILES string of the molecule is Oc1ccc(-c2nn(C3=CC=C3)c3c2ccc2cc(O)ccc23)cc1. The van der Waals surface area contributed by atoms with E-state index >= 15 is 0 Å². The first-order valence-corrected chi connectivity index (χ1v) is 8.03. The second-order valence-corrected chi connectivity index (χ2v) is 6.13. The molecule has 0 amide bonds. The topological polar surface area (TPSA) is 58.3 Å². The molecule has 2 N–H and O–H groups in total. The third-order valence-corrected chi connectivity index (χ3v) is 4.56. The van der Waals surface area contributed by atoms with Crippen LogP contribution in [0.2, 0.25) is 0 Å². The summed E-state index contributed by atoms with van der Waals surface area (Å²) in [6.45, 7) is 0. The minimum absolute atomic E-state index is 0.234. The van der Waals surface area contributed by atoms with Crippen LogP contribution >= 0.6 is 0 Å². The van der Waals surface area contributed by atoms with Crippen molar-refractivity contribution in [2.45, 2.75) is 0 Å². The van der Waals surface area contributed by atoms with Gasteiger partial charge in [0.15, 0.2) is 0 Å². The Hall–Kier alpha value is -3.53. The van der Waals surface area contributed by atoms with Crippen LogP contribution in [0.15, 0.2) is 72.8 Å². The third kappa shape index (κ3) is 2.04. The summed E-state index contributed by atoms with van der Waals surface area (Å²) in [6, 6.07) is 16.5. The molecule has 1 aliphatic rings. The van der Waals surface area contributed by atoms with E-state index in [0.29, 0.717) is 0 Å². The number of nitrogens with zero attached hydrogens (tertiary/aromatic N) is 2. The van der Waals surface area contributed by atoms with Crippen molar-refractivity contribution < 1.29 is 10.2 Å². The van der Waals surface area contributed by atoms with Crippen molar-refractivity contribution >= 4 is 27.4 Å². The zero-order valence-electron chi connectivity index (χ0n) is 13.2. The quantitative estimate of drug-likeness (QED) is 0.562. The predicted molar refractivity (Wildman–Crippen MR) is 99.4 cm³/mol. The number of phenolic OH excluding ortho intramolecular Hbond substituents is 2. The van der Waals surface area contributed by atoms with Crippen molar-refractivity contribution in [3.05, 3.63) is 72.8 Å². The zero-order chi connectivity index (χ0) is 17.0. The number of benzene rings is 3. The number of fused-ring (bicyclic) bond motifs is 3. The fourth-order valence-electron chi connectivity index (χ4n) is 3.27. The molecule has 0 fully saturated rings. The van der Waals surface area contributed by atoms with Crippen LogP contribution in [0.25, 0.3) is 38.6 Å². The maximum absolute atomic E-state index is 9.78. The van der Waals surface area contributed by atoms with E-state index < -0.39 is 0 Å². The summed E-state index contributed by atoms with van der Waals surface area (Å²) >= 11 is 0. The van der Waals surface area contributed by atoms with E-state index in [1.54, 1.807) is 24.3 Å². The first-order chi connectivity index (χ1) is 12.2. The number of allylic oxidation sites excluding steroid dienone is 4. The molecule has 1 aliphatic carbocycles. The smallest absolute Gasteiger partial charge is 0.116 e. The Morgan fingerprint density at radius 1 is 0.800 bits per heavy atom. The predicted octanol–water partition coefficient (Wildman–Crippen LogP) is 4.68. The van der Waals surface area contributed by atoms with E-state index in [4.69, 9.17) is 5.10 Å². The van der Waals surface area contributed by atoms with Crippen LogP contribution in [0.1, 0.15) is 0 Å². The fourth-order valence-corrected chi connectivity index (χ4v) is 3.27. The molecule has 4 nitrogen and oxygen atoms in total. The second kappa shape index (κ2) is 4.98. The Balaban J connectivity index is 1.88. The normalized spacial score (nSPS) is 13.2. The zero-order valence-corrected chi connectivity index (χ0v) is 13.2. The van der Waals surface area contributed by atoms with Gasteiger partial charge in [0, 0.05) is 16.3 Å². The summed E-state index contributed by atoms with van der Waals surface area (Å²) in [5, 5.41) is 27.2. The first-order valence-electron chi connectivity index (χ1n) is 8.03. The van der Waals surface area contributed by atoms with E-state index in [2.05, 4.69) is 0 Å². The molecule has 0 aliphatic heterocycles. The van der Waals surface area contributed by atoms with Gasteiger partial charge in [-0.15, -0.1) is 0 Å². The molecule has 4 heteroatoms. The molecular weight excluding hydrogens is 312 g/mol. The van der Waals surface area contributed by atoms with Gasteiger partial charge in [-0.3, -0.25) is 0 Å².